The van der Waals surface area contributed by atoms with Crippen molar-refractivity contribution >= 4 is 69.5 Å². The van der Waals surface area contributed by atoms with Crippen LogP contribution < -0.4 is 20.1 Å². The van der Waals surface area contributed by atoms with E-state index in [0.717, 1.165) is 33.9 Å². The predicted molar refractivity (Wildman–Crippen MR) is 188 cm³/mol. The topological polar surface area (TPSA) is 94.1 Å². The summed E-state index contributed by atoms with van der Waals surface area (Å²) >= 11 is 24.0. The van der Waals surface area contributed by atoms with Gasteiger partial charge in [0.2, 0.25) is 11.2 Å². The molecule has 0 aliphatic heterocycles. The summed E-state index contributed by atoms with van der Waals surface area (Å²) in [6.07, 6.45) is 0. The number of hydrogen-bond donors (Lipinski definition) is 2. The molecule has 0 saturated heterocycles. The Morgan fingerprint density at radius 3 is 1.54 bits per heavy atom. The Bertz CT molecular complexity index is 1840. The van der Waals surface area contributed by atoms with E-state index in [9.17, 15) is 0 Å². The van der Waals surface area contributed by atoms with E-state index in [2.05, 4.69) is 30.6 Å². The first kappa shape index (κ1) is 32.8. The third-order valence-corrected chi connectivity index (χ3v) is 7.32. The van der Waals surface area contributed by atoms with Gasteiger partial charge in [-0.1, -0.05) is 95.5 Å². The Hall–Kier alpha value is -4.60. The summed E-state index contributed by atoms with van der Waals surface area (Å²) in [4.78, 5) is 17.1. The lowest BCUT2D eigenvalue weighted by molar-refractivity contribution is 0.415. The first-order chi connectivity index (χ1) is 22.3. The summed E-state index contributed by atoms with van der Waals surface area (Å²) < 4.78 is 10.4. The second-order valence-electron chi connectivity index (χ2n) is 9.49. The fourth-order valence-electron chi connectivity index (χ4n) is 4.24. The highest BCUT2D eigenvalue weighted by Gasteiger charge is 2.10. The monoisotopic (exact) mass is 690 g/mol. The molecule has 0 unspecified atom stereocenters. The number of rotatable bonds is 8. The molecular weight excluding hydrogens is 666 g/mol. The van der Waals surface area contributed by atoms with E-state index in [0.29, 0.717) is 38.5 Å². The van der Waals surface area contributed by atoms with Gasteiger partial charge in [0.05, 0.1) is 35.7 Å². The van der Waals surface area contributed by atoms with Gasteiger partial charge in [-0.3, -0.25) is 0 Å². The van der Waals surface area contributed by atoms with Crippen LogP contribution in [0, 0.1) is 0 Å². The van der Waals surface area contributed by atoms with Gasteiger partial charge in [0.25, 0.3) is 0 Å². The molecule has 12 heteroatoms. The van der Waals surface area contributed by atoms with Gasteiger partial charge in [-0.05, 0) is 48.0 Å². The van der Waals surface area contributed by atoms with Crippen molar-refractivity contribution in [3.63, 3.8) is 0 Å². The minimum Gasteiger partial charge on any atom is -0.495 e. The molecule has 0 spiro atoms. The van der Waals surface area contributed by atoms with Crippen LogP contribution in [-0.4, -0.2) is 34.2 Å². The van der Waals surface area contributed by atoms with Crippen molar-refractivity contribution in [2.24, 2.45) is 0 Å². The van der Waals surface area contributed by atoms with E-state index in [1.54, 1.807) is 44.6 Å². The molecule has 0 bridgehead atoms. The molecule has 232 valence electrons. The highest BCUT2D eigenvalue weighted by Crippen LogP contribution is 2.32. The minimum atomic E-state index is 0.163. The van der Waals surface area contributed by atoms with Gasteiger partial charge in [0.15, 0.2) is 0 Å². The molecule has 0 amide bonds. The summed E-state index contributed by atoms with van der Waals surface area (Å²) in [5, 5.41) is 8.00. The van der Waals surface area contributed by atoms with Crippen LogP contribution in [0.25, 0.3) is 22.5 Å². The molecule has 0 aliphatic carbocycles. The fraction of sp³-hybridized carbons (Fsp3) is 0.0588. The molecule has 2 aromatic heterocycles. The third kappa shape index (κ3) is 8.77. The lowest BCUT2D eigenvalue weighted by Crippen LogP contribution is -2.03. The molecule has 2 heterocycles. The van der Waals surface area contributed by atoms with Crippen molar-refractivity contribution in [3.05, 3.63) is 130 Å². The van der Waals surface area contributed by atoms with Gasteiger partial charge in [-0.25, -0.2) is 15.0 Å². The van der Waals surface area contributed by atoms with Crippen molar-refractivity contribution in [2.45, 2.75) is 0 Å². The zero-order valence-corrected chi connectivity index (χ0v) is 27.5. The summed E-state index contributed by atoms with van der Waals surface area (Å²) in [5.74, 6) is 2.20. The first-order valence-electron chi connectivity index (χ1n) is 13.7. The van der Waals surface area contributed by atoms with Crippen LogP contribution in [-0.2, 0) is 0 Å². The van der Waals surface area contributed by atoms with Gasteiger partial charge in [0, 0.05) is 34.6 Å². The van der Waals surface area contributed by atoms with Crippen LogP contribution in [0.4, 0.5) is 23.1 Å². The lowest BCUT2D eigenvalue weighted by atomic mass is 10.1. The number of methoxy groups -OCH3 is 2. The minimum absolute atomic E-state index is 0.163. The van der Waals surface area contributed by atoms with Crippen molar-refractivity contribution in [1.82, 2.24) is 19.9 Å². The van der Waals surface area contributed by atoms with Crippen LogP contribution in [0.15, 0.2) is 109 Å². The molecule has 0 saturated carbocycles. The molecular formula is C34H26Cl4N6O2. The standard InChI is InChI=1S/C24H20Cl2N4O2.C10H6Cl2N2/c1-31-21-10-8-16(12-18(21)25)27-23-14-20(15-6-4-3-5-7-15)29-24(30-23)28-17-9-11-22(32-2)19(26)13-17;11-9-6-8(13-10(12)14-9)7-4-2-1-3-5-7/h3-14H,1-2H3,(H2,27,28,29,30);1-6H. The van der Waals surface area contributed by atoms with Gasteiger partial charge in [-0.15, -0.1) is 0 Å². The maximum atomic E-state index is 6.27. The number of ether oxygens (including phenoxy) is 2. The summed E-state index contributed by atoms with van der Waals surface area (Å²) in [5.41, 5.74) is 4.92. The highest BCUT2D eigenvalue weighted by atomic mass is 35.5. The zero-order chi connectivity index (χ0) is 32.5. The van der Waals surface area contributed by atoms with Gasteiger partial charge >= 0.3 is 0 Å². The van der Waals surface area contributed by atoms with E-state index in [4.69, 9.17) is 55.9 Å². The quantitative estimate of drug-likeness (QED) is 0.120. The number of nitrogens with zero attached hydrogens (tertiary/aromatic N) is 4. The molecule has 2 N–H and O–H groups in total. The number of anilines is 4. The number of benzene rings is 4. The average Bonchev–Trinajstić information content (AvgIpc) is 3.05. The van der Waals surface area contributed by atoms with E-state index >= 15 is 0 Å². The summed E-state index contributed by atoms with van der Waals surface area (Å²) in [6, 6.07) is 33.9. The Morgan fingerprint density at radius 1 is 0.522 bits per heavy atom. The van der Waals surface area contributed by atoms with Crippen molar-refractivity contribution in [2.75, 3.05) is 24.9 Å². The summed E-state index contributed by atoms with van der Waals surface area (Å²) in [7, 11) is 3.15. The molecule has 0 fully saturated rings. The average molecular weight is 692 g/mol. The Morgan fingerprint density at radius 2 is 1.04 bits per heavy atom. The Labute approximate surface area is 286 Å². The molecule has 46 heavy (non-hydrogen) atoms. The second-order valence-corrected chi connectivity index (χ2v) is 11.0. The van der Waals surface area contributed by atoms with Gasteiger partial charge in [0.1, 0.15) is 22.5 Å². The Balaban J connectivity index is 0.000000247. The highest BCUT2D eigenvalue weighted by molar-refractivity contribution is 6.33. The zero-order valence-electron chi connectivity index (χ0n) is 24.5. The van der Waals surface area contributed by atoms with Crippen molar-refractivity contribution < 1.29 is 9.47 Å². The van der Waals surface area contributed by atoms with Crippen LogP contribution >= 0.6 is 46.4 Å². The molecule has 6 rings (SSSR count). The second kappa shape index (κ2) is 15.6. The number of nitrogens with one attached hydrogen (secondary N) is 2. The van der Waals surface area contributed by atoms with E-state index in [-0.39, 0.29) is 5.28 Å². The first-order valence-corrected chi connectivity index (χ1v) is 15.2. The molecule has 0 radical (unpaired) electrons. The molecule has 6 aromatic rings. The van der Waals surface area contributed by atoms with Crippen LogP contribution in [0.1, 0.15) is 0 Å². The van der Waals surface area contributed by atoms with E-state index in [1.165, 1.54) is 0 Å². The third-order valence-electron chi connectivity index (χ3n) is 6.36. The van der Waals surface area contributed by atoms with Crippen molar-refractivity contribution in [1.29, 1.82) is 0 Å². The van der Waals surface area contributed by atoms with Crippen LogP contribution in [0.2, 0.25) is 20.5 Å². The number of hydrogen-bond acceptors (Lipinski definition) is 8. The molecule has 0 aliphatic rings. The van der Waals surface area contributed by atoms with Crippen molar-refractivity contribution in [3.8, 4) is 34.0 Å². The molecule has 0 atom stereocenters. The number of aromatic nitrogens is 4. The smallest absolute Gasteiger partial charge is 0.229 e. The molecule has 4 aromatic carbocycles. The van der Waals surface area contributed by atoms with E-state index < -0.39 is 0 Å². The number of halogens is 4. The van der Waals surface area contributed by atoms with Gasteiger partial charge < -0.3 is 20.1 Å². The summed E-state index contributed by atoms with van der Waals surface area (Å²) in [6.45, 7) is 0. The van der Waals surface area contributed by atoms with Crippen LogP contribution in [0.5, 0.6) is 11.5 Å². The maximum Gasteiger partial charge on any atom is 0.229 e. The van der Waals surface area contributed by atoms with Gasteiger partial charge in [-0.2, -0.15) is 4.98 Å². The maximum absolute atomic E-state index is 6.27. The lowest BCUT2D eigenvalue weighted by Gasteiger charge is -2.13. The molecule has 8 nitrogen and oxygen atoms in total. The predicted octanol–water partition coefficient (Wildman–Crippen LogP) is 10.4. The van der Waals surface area contributed by atoms with Crippen LogP contribution in [0.3, 0.4) is 0 Å². The largest absolute Gasteiger partial charge is 0.495 e. The SMILES string of the molecule is COc1ccc(Nc2cc(-c3ccccc3)nc(Nc3ccc(OC)c(Cl)c3)n2)cc1Cl.Clc1cc(-c2ccccc2)nc(Cl)n1. The van der Waals surface area contributed by atoms with E-state index in [1.807, 2.05) is 78.9 Å². The Kier molecular flexibility index (Phi) is 11.1. The normalized spacial score (nSPS) is 10.4. The fourth-order valence-corrected chi connectivity index (χ4v) is 5.16.